The van der Waals surface area contributed by atoms with Crippen LogP contribution in [0.1, 0.15) is 10.4 Å². The molecule has 0 aliphatic heterocycles. The molecule has 0 bridgehead atoms. The van der Waals surface area contributed by atoms with E-state index in [1.165, 1.54) is 13.2 Å². The number of nitrogens with two attached hydrogens (primary N) is 1. The SMILES string of the molecule is COC(=O)COc1cccc(C(=O)CN)c1.Cl. The number of ketones is 1. The highest BCUT2D eigenvalue weighted by Crippen LogP contribution is 2.13. The number of methoxy groups -OCH3 is 1. The van der Waals surface area contributed by atoms with Crippen molar-refractivity contribution in [2.45, 2.75) is 0 Å². The van der Waals surface area contributed by atoms with Crippen molar-refractivity contribution in [2.24, 2.45) is 5.73 Å². The van der Waals surface area contributed by atoms with Gasteiger partial charge in [-0.1, -0.05) is 12.1 Å². The van der Waals surface area contributed by atoms with Crippen LogP contribution in [-0.4, -0.2) is 32.0 Å². The van der Waals surface area contributed by atoms with E-state index in [1.54, 1.807) is 18.2 Å². The molecular formula is C11H14ClNO4. The molecule has 0 fully saturated rings. The molecule has 0 radical (unpaired) electrons. The maximum absolute atomic E-state index is 11.3. The molecule has 0 saturated carbocycles. The number of Topliss-reactive ketones (excluding diaryl/α,β-unsaturated/α-hetero) is 1. The van der Waals surface area contributed by atoms with E-state index >= 15 is 0 Å². The molecule has 5 nitrogen and oxygen atoms in total. The molecular weight excluding hydrogens is 246 g/mol. The first-order valence-electron chi connectivity index (χ1n) is 4.70. The Morgan fingerprint density at radius 3 is 2.65 bits per heavy atom. The molecule has 0 unspecified atom stereocenters. The summed E-state index contributed by atoms with van der Waals surface area (Å²) >= 11 is 0. The molecule has 0 saturated heterocycles. The highest BCUT2D eigenvalue weighted by Gasteiger charge is 2.06. The van der Waals surface area contributed by atoms with Crippen LogP contribution in [0.15, 0.2) is 24.3 Å². The Morgan fingerprint density at radius 1 is 1.35 bits per heavy atom. The van der Waals surface area contributed by atoms with E-state index in [9.17, 15) is 9.59 Å². The zero-order valence-corrected chi connectivity index (χ0v) is 10.2. The van der Waals surface area contributed by atoms with Gasteiger partial charge in [0.15, 0.2) is 12.4 Å². The van der Waals surface area contributed by atoms with Crippen LogP contribution in [0.5, 0.6) is 5.75 Å². The summed E-state index contributed by atoms with van der Waals surface area (Å²) in [5.41, 5.74) is 5.70. The van der Waals surface area contributed by atoms with Crippen LogP contribution in [0.3, 0.4) is 0 Å². The summed E-state index contributed by atoms with van der Waals surface area (Å²) in [4.78, 5) is 22.1. The number of rotatable bonds is 5. The molecule has 0 atom stereocenters. The van der Waals surface area contributed by atoms with Gasteiger partial charge in [0, 0.05) is 5.56 Å². The Morgan fingerprint density at radius 2 is 2.06 bits per heavy atom. The monoisotopic (exact) mass is 259 g/mol. The normalized spacial score (nSPS) is 9.06. The van der Waals surface area contributed by atoms with Crippen LogP contribution >= 0.6 is 12.4 Å². The Kier molecular flexibility index (Phi) is 6.93. The second kappa shape index (κ2) is 7.65. The number of hydrogen-bond acceptors (Lipinski definition) is 5. The van der Waals surface area contributed by atoms with Gasteiger partial charge in [0.2, 0.25) is 0 Å². The van der Waals surface area contributed by atoms with Crippen molar-refractivity contribution in [1.82, 2.24) is 0 Å². The Bertz CT molecular complexity index is 395. The maximum Gasteiger partial charge on any atom is 0.343 e. The van der Waals surface area contributed by atoms with Gasteiger partial charge in [0.25, 0.3) is 0 Å². The fourth-order valence-corrected chi connectivity index (χ4v) is 1.08. The van der Waals surface area contributed by atoms with Gasteiger partial charge in [-0.3, -0.25) is 4.79 Å². The molecule has 6 heteroatoms. The lowest BCUT2D eigenvalue weighted by atomic mass is 10.1. The van der Waals surface area contributed by atoms with Gasteiger partial charge in [-0.05, 0) is 12.1 Å². The lowest BCUT2D eigenvalue weighted by molar-refractivity contribution is -0.142. The van der Waals surface area contributed by atoms with Crippen molar-refractivity contribution in [1.29, 1.82) is 0 Å². The molecule has 17 heavy (non-hydrogen) atoms. The van der Waals surface area contributed by atoms with Crippen LogP contribution < -0.4 is 10.5 Å². The number of hydrogen-bond donors (Lipinski definition) is 1. The van der Waals surface area contributed by atoms with Gasteiger partial charge >= 0.3 is 5.97 Å². The van der Waals surface area contributed by atoms with E-state index in [1.807, 2.05) is 0 Å². The number of benzene rings is 1. The molecule has 0 spiro atoms. The van der Waals surface area contributed by atoms with Crippen molar-refractivity contribution in [2.75, 3.05) is 20.3 Å². The van der Waals surface area contributed by atoms with Crippen molar-refractivity contribution >= 4 is 24.2 Å². The summed E-state index contributed by atoms with van der Waals surface area (Å²) in [6.45, 7) is -0.239. The zero-order chi connectivity index (χ0) is 12.0. The smallest absolute Gasteiger partial charge is 0.343 e. The Balaban J connectivity index is 0.00000256. The van der Waals surface area contributed by atoms with Crippen LogP contribution in [0.25, 0.3) is 0 Å². The summed E-state index contributed by atoms with van der Waals surface area (Å²) in [7, 11) is 1.28. The fraction of sp³-hybridized carbons (Fsp3) is 0.273. The molecule has 0 aliphatic rings. The Hall–Kier alpha value is -1.59. The van der Waals surface area contributed by atoms with E-state index in [0.717, 1.165) is 0 Å². The van der Waals surface area contributed by atoms with Crippen molar-refractivity contribution in [3.05, 3.63) is 29.8 Å². The van der Waals surface area contributed by atoms with E-state index in [0.29, 0.717) is 11.3 Å². The maximum atomic E-state index is 11.3. The topological polar surface area (TPSA) is 78.6 Å². The molecule has 0 heterocycles. The minimum Gasteiger partial charge on any atom is -0.482 e. The predicted octanol–water partition coefficient (Wildman–Crippen LogP) is 0.802. The van der Waals surface area contributed by atoms with Crippen molar-refractivity contribution in [3.8, 4) is 5.75 Å². The van der Waals surface area contributed by atoms with E-state index < -0.39 is 5.97 Å². The minimum absolute atomic E-state index is 0. The molecule has 2 N–H and O–H groups in total. The predicted molar refractivity (Wildman–Crippen MR) is 64.6 cm³/mol. The molecule has 0 aliphatic carbocycles. The number of halogens is 1. The number of esters is 1. The highest BCUT2D eigenvalue weighted by molar-refractivity contribution is 5.97. The zero-order valence-electron chi connectivity index (χ0n) is 9.34. The van der Waals surface area contributed by atoms with Gasteiger partial charge in [0.05, 0.1) is 13.7 Å². The molecule has 0 aromatic heterocycles. The molecule has 0 amide bonds. The second-order valence-electron chi connectivity index (χ2n) is 3.02. The number of carbonyl (C=O) groups excluding carboxylic acids is 2. The second-order valence-corrected chi connectivity index (χ2v) is 3.02. The Labute approximate surface area is 105 Å². The van der Waals surface area contributed by atoms with E-state index in [-0.39, 0.29) is 31.3 Å². The lowest BCUT2D eigenvalue weighted by Gasteiger charge is -2.05. The summed E-state index contributed by atoms with van der Waals surface area (Å²) in [5, 5.41) is 0. The summed E-state index contributed by atoms with van der Waals surface area (Å²) in [6.07, 6.45) is 0. The van der Waals surface area contributed by atoms with E-state index in [4.69, 9.17) is 10.5 Å². The third-order valence-electron chi connectivity index (χ3n) is 1.93. The van der Waals surface area contributed by atoms with Gasteiger partial charge in [0.1, 0.15) is 5.75 Å². The van der Waals surface area contributed by atoms with Gasteiger partial charge in [-0.15, -0.1) is 12.4 Å². The van der Waals surface area contributed by atoms with Crippen LogP contribution in [0.4, 0.5) is 0 Å². The van der Waals surface area contributed by atoms with E-state index in [2.05, 4.69) is 4.74 Å². The molecule has 1 aromatic rings. The third-order valence-corrected chi connectivity index (χ3v) is 1.93. The van der Waals surface area contributed by atoms with Crippen LogP contribution in [0.2, 0.25) is 0 Å². The molecule has 1 aromatic carbocycles. The first kappa shape index (κ1) is 15.4. The molecule has 1 rings (SSSR count). The fourth-order valence-electron chi connectivity index (χ4n) is 1.08. The lowest BCUT2D eigenvalue weighted by Crippen LogP contribution is -2.15. The largest absolute Gasteiger partial charge is 0.482 e. The van der Waals surface area contributed by atoms with Crippen molar-refractivity contribution < 1.29 is 19.1 Å². The number of ether oxygens (including phenoxy) is 2. The first-order valence-corrected chi connectivity index (χ1v) is 4.70. The summed E-state index contributed by atoms with van der Waals surface area (Å²) < 4.78 is 9.55. The number of carbonyl (C=O) groups is 2. The molecule has 94 valence electrons. The average molecular weight is 260 g/mol. The van der Waals surface area contributed by atoms with Crippen LogP contribution in [-0.2, 0) is 9.53 Å². The van der Waals surface area contributed by atoms with Gasteiger partial charge in [-0.25, -0.2) is 4.79 Å². The highest BCUT2D eigenvalue weighted by atomic mass is 35.5. The van der Waals surface area contributed by atoms with Gasteiger partial charge in [-0.2, -0.15) is 0 Å². The van der Waals surface area contributed by atoms with Gasteiger partial charge < -0.3 is 15.2 Å². The summed E-state index contributed by atoms with van der Waals surface area (Å²) in [5.74, 6) is -0.219. The van der Waals surface area contributed by atoms with Crippen molar-refractivity contribution in [3.63, 3.8) is 0 Å². The summed E-state index contributed by atoms with van der Waals surface area (Å²) in [6, 6.07) is 6.49. The standard InChI is InChI=1S/C11H13NO4.ClH/c1-15-11(14)7-16-9-4-2-3-8(5-9)10(13)6-12;/h2-5H,6-7,12H2,1H3;1H. The average Bonchev–Trinajstić information content (AvgIpc) is 2.35. The van der Waals surface area contributed by atoms with Crippen LogP contribution in [0, 0.1) is 0 Å². The first-order chi connectivity index (χ1) is 7.67. The minimum atomic E-state index is -0.476. The third kappa shape index (κ3) is 4.84. The quantitative estimate of drug-likeness (QED) is 0.625.